The molecule has 0 spiro atoms. The van der Waals surface area contributed by atoms with E-state index in [1.165, 1.54) is 15.4 Å². The van der Waals surface area contributed by atoms with Crippen molar-refractivity contribution in [2.24, 2.45) is 0 Å². The fraction of sp³-hybridized carbons (Fsp3) is 0.444. The van der Waals surface area contributed by atoms with Crippen LogP contribution in [0.25, 0.3) is 0 Å². The van der Waals surface area contributed by atoms with Gasteiger partial charge in [0.25, 0.3) is 5.91 Å². The van der Waals surface area contributed by atoms with E-state index in [1.54, 1.807) is 38.4 Å². The number of aryl methyl sites for hydroxylation is 1. The predicted octanol–water partition coefficient (Wildman–Crippen LogP) is 1.99. The average Bonchev–Trinajstić information content (AvgIpc) is 3.11. The van der Waals surface area contributed by atoms with Gasteiger partial charge in [0, 0.05) is 33.1 Å². The second-order valence-corrected chi connectivity index (χ2v) is 8.85. The lowest BCUT2D eigenvalue weighted by Crippen LogP contribution is -2.39. The molecule has 1 fully saturated rings. The fourth-order valence-electron chi connectivity index (χ4n) is 3.27. The van der Waals surface area contributed by atoms with Crippen LogP contribution < -0.4 is 0 Å². The van der Waals surface area contributed by atoms with Crippen LogP contribution in [0.3, 0.4) is 0 Å². The zero-order valence-electron chi connectivity index (χ0n) is 15.3. The number of amides is 1. The third kappa shape index (κ3) is 3.52. The van der Waals surface area contributed by atoms with Crippen molar-refractivity contribution in [3.63, 3.8) is 0 Å². The van der Waals surface area contributed by atoms with Gasteiger partial charge in [-0.2, -0.15) is 9.40 Å². The third-order valence-electron chi connectivity index (χ3n) is 4.76. The van der Waals surface area contributed by atoms with Crippen LogP contribution in [0.15, 0.2) is 35.4 Å². The topological polar surface area (TPSA) is 86.4 Å². The summed E-state index contributed by atoms with van der Waals surface area (Å²) in [6.07, 6.45) is 3.07. The van der Waals surface area contributed by atoms with Crippen molar-refractivity contribution in [2.45, 2.75) is 30.6 Å². The van der Waals surface area contributed by atoms with Crippen molar-refractivity contribution >= 4 is 15.9 Å². The SMILES string of the molecule is Cc1ccc(S(=O)(=O)N2CCCC(c3[nH]ncc3C(=O)N(C)C)C2)cc1. The van der Waals surface area contributed by atoms with E-state index in [0.717, 1.165) is 18.4 Å². The van der Waals surface area contributed by atoms with Gasteiger partial charge in [-0.1, -0.05) is 17.7 Å². The van der Waals surface area contributed by atoms with Crippen molar-refractivity contribution in [3.05, 3.63) is 47.3 Å². The number of piperidine rings is 1. The van der Waals surface area contributed by atoms with E-state index >= 15 is 0 Å². The van der Waals surface area contributed by atoms with Crippen LogP contribution in [0, 0.1) is 6.92 Å². The van der Waals surface area contributed by atoms with Gasteiger partial charge in [0.2, 0.25) is 10.0 Å². The van der Waals surface area contributed by atoms with Crippen LogP contribution in [0.4, 0.5) is 0 Å². The van der Waals surface area contributed by atoms with Gasteiger partial charge >= 0.3 is 0 Å². The maximum absolute atomic E-state index is 13.0. The minimum Gasteiger partial charge on any atom is -0.345 e. The summed E-state index contributed by atoms with van der Waals surface area (Å²) in [4.78, 5) is 14.1. The van der Waals surface area contributed by atoms with E-state index in [0.29, 0.717) is 29.2 Å². The summed E-state index contributed by atoms with van der Waals surface area (Å²) in [6, 6.07) is 6.89. The molecule has 3 rings (SSSR count). The predicted molar refractivity (Wildman–Crippen MR) is 98.5 cm³/mol. The fourth-order valence-corrected chi connectivity index (χ4v) is 4.80. The maximum Gasteiger partial charge on any atom is 0.256 e. The molecule has 1 saturated heterocycles. The van der Waals surface area contributed by atoms with E-state index in [9.17, 15) is 13.2 Å². The number of aromatic nitrogens is 2. The molecule has 2 aromatic rings. The van der Waals surface area contributed by atoms with Crippen molar-refractivity contribution in [2.75, 3.05) is 27.2 Å². The molecule has 1 unspecified atom stereocenters. The quantitative estimate of drug-likeness (QED) is 0.884. The highest BCUT2D eigenvalue weighted by atomic mass is 32.2. The molecule has 140 valence electrons. The average molecular weight is 376 g/mol. The minimum atomic E-state index is -3.55. The highest BCUT2D eigenvalue weighted by Gasteiger charge is 2.33. The highest BCUT2D eigenvalue weighted by Crippen LogP contribution is 2.31. The molecule has 0 saturated carbocycles. The molecule has 1 amide bonds. The molecule has 7 nitrogen and oxygen atoms in total. The Bertz CT molecular complexity index is 887. The van der Waals surface area contributed by atoms with Crippen molar-refractivity contribution in [3.8, 4) is 0 Å². The van der Waals surface area contributed by atoms with Crippen LogP contribution in [0.1, 0.15) is 40.4 Å². The Hall–Kier alpha value is -2.19. The van der Waals surface area contributed by atoms with Crippen LogP contribution in [0.5, 0.6) is 0 Å². The molecule has 0 bridgehead atoms. The number of hydrogen-bond donors (Lipinski definition) is 1. The molecule has 1 aliphatic heterocycles. The summed E-state index contributed by atoms with van der Waals surface area (Å²) in [5, 5.41) is 6.93. The molecule has 1 N–H and O–H groups in total. The van der Waals surface area contributed by atoms with Gasteiger partial charge in [-0.15, -0.1) is 0 Å². The number of nitrogens with one attached hydrogen (secondary N) is 1. The van der Waals surface area contributed by atoms with Crippen LogP contribution in [-0.2, 0) is 10.0 Å². The number of H-pyrrole nitrogens is 1. The normalized spacial score (nSPS) is 18.7. The molecular formula is C18H24N4O3S. The second-order valence-electron chi connectivity index (χ2n) is 6.91. The molecule has 0 radical (unpaired) electrons. The highest BCUT2D eigenvalue weighted by molar-refractivity contribution is 7.89. The molecule has 1 atom stereocenters. The molecule has 0 aliphatic carbocycles. The van der Waals surface area contributed by atoms with Crippen LogP contribution in [0.2, 0.25) is 0 Å². The zero-order chi connectivity index (χ0) is 18.9. The molecule has 8 heteroatoms. The first-order valence-electron chi connectivity index (χ1n) is 8.62. The molecule has 2 heterocycles. The number of nitrogens with zero attached hydrogens (tertiary/aromatic N) is 3. The number of carbonyl (C=O) groups is 1. The number of benzene rings is 1. The lowest BCUT2D eigenvalue weighted by Gasteiger charge is -2.32. The number of hydrogen-bond acceptors (Lipinski definition) is 4. The Morgan fingerprint density at radius 2 is 1.96 bits per heavy atom. The molecule has 1 aromatic heterocycles. The van der Waals surface area contributed by atoms with Crippen molar-refractivity contribution < 1.29 is 13.2 Å². The first-order chi connectivity index (χ1) is 12.3. The summed E-state index contributed by atoms with van der Waals surface area (Å²) in [5.41, 5.74) is 2.24. The van der Waals surface area contributed by atoms with Gasteiger partial charge < -0.3 is 4.90 Å². The Morgan fingerprint density at radius 3 is 2.62 bits per heavy atom. The summed E-state index contributed by atoms with van der Waals surface area (Å²) in [5.74, 6) is -0.211. The van der Waals surface area contributed by atoms with E-state index < -0.39 is 10.0 Å². The van der Waals surface area contributed by atoms with Gasteiger partial charge in [-0.3, -0.25) is 9.89 Å². The summed E-state index contributed by atoms with van der Waals surface area (Å²) in [6.45, 7) is 2.75. The maximum atomic E-state index is 13.0. The summed E-state index contributed by atoms with van der Waals surface area (Å²) in [7, 11) is -0.171. The Labute approximate surface area is 154 Å². The van der Waals surface area contributed by atoms with Gasteiger partial charge in [0.15, 0.2) is 0 Å². The van der Waals surface area contributed by atoms with E-state index in [-0.39, 0.29) is 11.8 Å². The zero-order valence-corrected chi connectivity index (χ0v) is 16.1. The van der Waals surface area contributed by atoms with E-state index in [1.807, 2.05) is 6.92 Å². The van der Waals surface area contributed by atoms with Crippen LogP contribution in [-0.4, -0.2) is 60.9 Å². The Balaban J connectivity index is 1.85. The first kappa shape index (κ1) is 18.6. The standard InChI is InChI=1S/C18H24N4O3S/c1-13-6-8-15(9-7-13)26(24,25)22-10-4-5-14(12-22)17-16(11-19-20-17)18(23)21(2)3/h6-9,11,14H,4-5,10,12H2,1-3H3,(H,19,20). The lowest BCUT2D eigenvalue weighted by molar-refractivity contribution is 0.0825. The summed E-state index contributed by atoms with van der Waals surface area (Å²) < 4.78 is 27.4. The smallest absolute Gasteiger partial charge is 0.256 e. The monoisotopic (exact) mass is 376 g/mol. The molecule has 1 aromatic carbocycles. The number of carbonyl (C=O) groups excluding carboxylic acids is 1. The van der Waals surface area contributed by atoms with E-state index in [2.05, 4.69) is 10.2 Å². The first-order valence-corrected chi connectivity index (χ1v) is 10.1. The minimum absolute atomic E-state index is 0.0784. The van der Waals surface area contributed by atoms with Crippen molar-refractivity contribution in [1.29, 1.82) is 0 Å². The second kappa shape index (κ2) is 7.20. The van der Waals surface area contributed by atoms with Gasteiger partial charge in [-0.25, -0.2) is 8.42 Å². The Morgan fingerprint density at radius 1 is 1.27 bits per heavy atom. The van der Waals surface area contributed by atoms with Gasteiger partial charge in [0.05, 0.1) is 22.3 Å². The summed E-state index contributed by atoms with van der Waals surface area (Å²) >= 11 is 0. The molecule has 26 heavy (non-hydrogen) atoms. The number of aromatic amines is 1. The largest absolute Gasteiger partial charge is 0.345 e. The van der Waals surface area contributed by atoms with Crippen molar-refractivity contribution in [1.82, 2.24) is 19.4 Å². The van der Waals surface area contributed by atoms with E-state index in [4.69, 9.17) is 0 Å². The third-order valence-corrected chi connectivity index (χ3v) is 6.64. The number of sulfonamides is 1. The lowest BCUT2D eigenvalue weighted by atomic mass is 9.93. The van der Waals surface area contributed by atoms with Gasteiger partial charge in [-0.05, 0) is 31.9 Å². The molecule has 1 aliphatic rings. The Kier molecular flexibility index (Phi) is 5.15. The van der Waals surface area contributed by atoms with Gasteiger partial charge in [0.1, 0.15) is 0 Å². The molecular weight excluding hydrogens is 352 g/mol. The number of rotatable bonds is 4. The van der Waals surface area contributed by atoms with Crippen LogP contribution >= 0.6 is 0 Å².